The van der Waals surface area contributed by atoms with Gasteiger partial charge >= 0.3 is 0 Å². The van der Waals surface area contributed by atoms with Gasteiger partial charge in [-0.2, -0.15) is 4.39 Å². The number of hydrogen-bond donors (Lipinski definition) is 1. The molecule has 0 aliphatic carbocycles. The molecule has 0 aromatic carbocycles. The van der Waals surface area contributed by atoms with Crippen molar-refractivity contribution in [2.45, 2.75) is 0 Å². The van der Waals surface area contributed by atoms with Crippen LogP contribution in [0, 0.1) is 11.6 Å². The molecular weight excluding hydrogens is 154 g/mol. The van der Waals surface area contributed by atoms with Gasteiger partial charge in [0.1, 0.15) is 0 Å². The van der Waals surface area contributed by atoms with Crippen LogP contribution in [0.3, 0.4) is 0 Å². The van der Waals surface area contributed by atoms with Gasteiger partial charge in [0.05, 0.1) is 19.0 Å². The number of anilines is 1. The van der Waals surface area contributed by atoms with Crippen molar-refractivity contribution in [1.29, 1.82) is 0 Å². The predicted octanol–water partition coefficient (Wildman–Crippen LogP) is 0.951. The molecule has 3 nitrogen and oxygen atoms in total. The summed E-state index contributed by atoms with van der Waals surface area (Å²) in [6, 6.07) is 0. The summed E-state index contributed by atoms with van der Waals surface area (Å²) in [5.74, 6) is -2.68. The quantitative estimate of drug-likeness (QED) is 0.665. The van der Waals surface area contributed by atoms with Gasteiger partial charge in [-0.05, 0) is 0 Å². The summed E-state index contributed by atoms with van der Waals surface area (Å²) in [6.07, 6.45) is 0.997. The highest BCUT2D eigenvalue weighted by Gasteiger charge is 2.12. The summed E-state index contributed by atoms with van der Waals surface area (Å²) in [6.45, 7) is 0. The van der Waals surface area contributed by atoms with Crippen LogP contribution >= 0.6 is 0 Å². The van der Waals surface area contributed by atoms with E-state index in [2.05, 4.69) is 9.72 Å². The molecule has 0 spiro atoms. The van der Waals surface area contributed by atoms with Gasteiger partial charge in [0.25, 0.3) is 5.88 Å². The summed E-state index contributed by atoms with van der Waals surface area (Å²) >= 11 is 0. The smallest absolute Gasteiger partial charge is 0.253 e. The minimum atomic E-state index is -1.16. The molecule has 5 heteroatoms. The number of halogens is 2. The van der Waals surface area contributed by atoms with Crippen molar-refractivity contribution in [2.75, 3.05) is 12.8 Å². The molecule has 60 valence electrons. The molecule has 0 amide bonds. The first kappa shape index (κ1) is 7.71. The normalized spacial score (nSPS) is 9.73. The van der Waals surface area contributed by atoms with Crippen molar-refractivity contribution in [3.63, 3.8) is 0 Å². The molecule has 1 aromatic heterocycles. The highest BCUT2D eigenvalue weighted by Crippen LogP contribution is 2.19. The van der Waals surface area contributed by atoms with E-state index in [1.54, 1.807) is 0 Å². The Morgan fingerprint density at radius 3 is 2.64 bits per heavy atom. The number of ether oxygens (including phenoxy) is 1. The molecule has 1 heterocycles. The molecule has 0 unspecified atom stereocenters. The van der Waals surface area contributed by atoms with Crippen molar-refractivity contribution in [3.05, 3.63) is 17.8 Å². The maximum absolute atomic E-state index is 12.6. The fourth-order valence-electron chi connectivity index (χ4n) is 0.604. The second-order valence-corrected chi connectivity index (χ2v) is 1.85. The van der Waals surface area contributed by atoms with E-state index in [-0.39, 0.29) is 5.69 Å². The molecule has 1 aromatic rings. The van der Waals surface area contributed by atoms with E-state index in [4.69, 9.17) is 5.73 Å². The lowest BCUT2D eigenvalue weighted by Gasteiger charge is -2.01. The van der Waals surface area contributed by atoms with Crippen LogP contribution in [0.1, 0.15) is 0 Å². The average molecular weight is 160 g/mol. The van der Waals surface area contributed by atoms with Crippen LogP contribution in [-0.2, 0) is 0 Å². The largest absolute Gasteiger partial charge is 0.479 e. The van der Waals surface area contributed by atoms with Crippen LogP contribution in [-0.4, -0.2) is 12.1 Å². The first-order valence-electron chi connectivity index (χ1n) is 2.80. The molecule has 0 atom stereocenters. The summed E-state index contributed by atoms with van der Waals surface area (Å²) in [5, 5.41) is 0. The first-order valence-corrected chi connectivity index (χ1v) is 2.80. The van der Waals surface area contributed by atoms with Crippen LogP contribution in [0.5, 0.6) is 5.88 Å². The Bertz CT molecular complexity index is 278. The van der Waals surface area contributed by atoms with Crippen molar-refractivity contribution < 1.29 is 13.5 Å². The minimum Gasteiger partial charge on any atom is -0.479 e. The van der Waals surface area contributed by atoms with Crippen LogP contribution < -0.4 is 10.5 Å². The average Bonchev–Trinajstić information content (AvgIpc) is 2.01. The topological polar surface area (TPSA) is 48.1 Å². The van der Waals surface area contributed by atoms with Gasteiger partial charge in [0.2, 0.25) is 5.82 Å². The molecular formula is C6H6F2N2O. The number of aromatic nitrogens is 1. The van der Waals surface area contributed by atoms with Gasteiger partial charge in [-0.25, -0.2) is 9.37 Å². The Hall–Kier alpha value is -1.39. The maximum atomic E-state index is 12.6. The summed E-state index contributed by atoms with van der Waals surface area (Å²) in [4.78, 5) is 3.39. The number of nitrogens with two attached hydrogens (primary N) is 1. The molecule has 1 rings (SSSR count). The zero-order valence-corrected chi connectivity index (χ0v) is 5.77. The van der Waals surface area contributed by atoms with Crippen molar-refractivity contribution >= 4 is 5.69 Å². The minimum absolute atomic E-state index is 0.330. The zero-order chi connectivity index (χ0) is 8.43. The standard InChI is InChI=1S/C6H6F2N2O/c1-11-6-5(8)4(7)3(9)2-10-6/h2H,9H2,1H3. The number of methoxy groups -OCH3 is 1. The molecule has 2 N–H and O–H groups in total. The van der Waals surface area contributed by atoms with E-state index in [1.165, 1.54) is 7.11 Å². The second-order valence-electron chi connectivity index (χ2n) is 1.85. The van der Waals surface area contributed by atoms with Crippen molar-refractivity contribution in [3.8, 4) is 5.88 Å². The molecule has 0 bridgehead atoms. The van der Waals surface area contributed by atoms with Crippen molar-refractivity contribution in [2.24, 2.45) is 0 Å². The third kappa shape index (κ3) is 1.21. The van der Waals surface area contributed by atoms with Gasteiger partial charge in [-0.15, -0.1) is 0 Å². The molecule has 0 fully saturated rings. The number of nitrogens with zero attached hydrogens (tertiary/aromatic N) is 1. The zero-order valence-electron chi connectivity index (χ0n) is 5.77. The van der Waals surface area contributed by atoms with E-state index in [0.29, 0.717) is 0 Å². The summed E-state index contributed by atoms with van der Waals surface area (Å²) < 4.78 is 29.6. The van der Waals surface area contributed by atoms with Gasteiger partial charge in [0.15, 0.2) is 5.82 Å². The van der Waals surface area contributed by atoms with E-state index in [0.717, 1.165) is 6.20 Å². The molecule has 0 saturated heterocycles. The van der Waals surface area contributed by atoms with Gasteiger partial charge in [-0.1, -0.05) is 0 Å². The number of nitrogen functional groups attached to an aromatic ring is 1. The molecule has 0 aliphatic heterocycles. The first-order chi connectivity index (χ1) is 5.16. The molecule has 11 heavy (non-hydrogen) atoms. The molecule has 0 saturated carbocycles. The highest BCUT2D eigenvalue weighted by molar-refractivity contribution is 5.39. The Kier molecular flexibility index (Phi) is 1.89. The van der Waals surface area contributed by atoms with E-state index < -0.39 is 17.5 Å². The number of hydrogen-bond acceptors (Lipinski definition) is 3. The van der Waals surface area contributed by atoms with Crippen LogP contribution in [0.25, 0.3) is 0 Å². The molecule has 0 radical (unpaired) electrons. The fourth-order valence-corrected chi connectivity index (χ4v) is 0.604. The lowest BCUT2D eigenvalue weighted by Crippen LogP contribution is -1.99. The van der Waals surface area contributed by atoms with E-state index >= 15 is 0 Å². The number of pyridine rings is 1. The van der Waals surface area contributed by atoms with Crippen LogP contribution in [0.15, 0.2) is 6.20 Å². The Morgan fingerprint density at radius 2 is 2.09 bits per heavy atom. The Balaban J connectivity index is 3.25. The monoisotopic (exact) mass is 160 g/mol. The van der Waals surface area contributed by atoms with Crippen molar-refractivity contribution in [1.82, 2.24) is 4.98 Å². The number of rotatable bonds is 1. The second kappa shape index (κ2) is 2.69. The summed E-state index contributed by atoms with van der Waals surface area (Å²) in [5.41, 5.74) is 4.68. The Labute approximate surface area is 61.8 Å². The van der Waals surface area contributed by atoms with E-state index in [9.17, 15) is 8.78 Å². The Morgan fingerprint density at radius 1 is 1.45 bits per heavy atom. The van der Waals surface area contributed by atoms with Gasteiger partial charge in [0, 0.05) is 0 Å². The lowest BCUT2D eigenvalue weighted by molar-refractivity contribution is 0.356. The SMILES string of the molecule is COc1ncc(N)c(F)c1F. The fraction of sp³-hybridized carbons (Fsp3) is 0.167. The highest BCUT2D eigenvalue weighted by atomic mass is 19.2. The lowest BCUT2D eigenvalue weighted by atomic mass is 10.4. The van der Waals surface area contributed by atoms with E-state index in [1.807, 2.05) is 0 Å². The van der Waals surface area contributed by atoms with Crippen LogP contribution in [0.2, 0.25) is 0 Å². The van der Waals surface area contributed by atoms with Gasteiger partial charge in [-0.3, -0.25) is 0 Å². The summed E-state index contributed by atoms with van der Waals surface area (Å²) in [7, 11) is 1.20. The maximum Gasteiger partial charge on any atom is 0.253 e. The predicted molar refractivity (Wildman–Crippen MR) is 35.1 cm³/mol. The van der Waals surface area contributed by atoms with Crippen LogP contribution in [0.4, 0.5) is 14.5 Å². The third-order valence-corrected chi connectivity index (χ3v) is 1.15. The molecule has 0 aliphatic rings. The third-order valence-electron chi connectivity index (χ3n) is 1.15. The van der Waals surface area contributed by atoms with Gasteiger partial charge < -0.3 is 10.5 Å².